The van der Waals surface area contributed by atoms with Crippen molar-refractivity contribution in [2.45, 2.75) is 92.4 Å². The molecule has 10 aromatic rings. The third-order valence-corrected chi connectivity index (χ3v) is 12.4. The first-order valence-corrected chi connectivity index (χ1v) is 23.9. The molecule has 356 valence electrons. The van der Waals surface area contributed by atoms with E-state index in [-0.39, 0.29) is 18.0 Å². The summed E-state index contributed by atoms with van der Waals surface area (Å²) in [7, 11) is 0. The lowest BCUT2D eigenvalue weighted by Crippen LogP contribution is -2.36. The standard InChI is InChI=1S/C50H55N19O/c1-29(2)36-21-41-37(23-52-36)59-48(67(41)25-34-11-8-9-16-51-34)40-28-69-43(62-64-50(69)46(58-40)55-31(5)6)15-14-33-12-10-13-35(56-33)26-68-42-22-44(65-17-19-70-20-18-65)53-24-38(42)60-47(68)39-27-66-32(7)61-63-49(66)45(57-39)54-30(3)4/h8-13,16,21-24,27-31H,14-15,17-20,25-26H2,1-7H3,(H,54,57)(H,55,58). The molecule has 0 amide bonds. The van der Waals surface area contributed by atoms with E-state index in [0.717, 1.165) is 75.4 Å². The zero-order chi connectivity index (χ0) is 48.0. The number of aromatic nitrogens is 16. The first kappa shape index (κ1) is 44.5. The van der Waals surface area contributed by atoms with Crippen molar-refractivity contribution in [3.8, 4) is 23.0 Å². The van der Waals surface area contributed by atoms with Gasteiger partial charge in [0.05, 0.1) is 61.1 Å². The predicted octanol–water partition coefficient (Wildman–Crippen LogP) is 6.97. The van der Waals surface area contributed by atoms with Gasteiger partial charge in [-0.05, 0) is 77.3 Å². The molecule has 10 aromatic heterocycles. The summed E-state index contributed by atoms with van der Waals surface area (Å²) in [5, 5.41) is 25.2. The second kappa shape index (κ2) is 18.5. The number of nitrogens with one attached hydrogen (secondary N) is 2. The highest BCUT2D eigenvalue weighted by molar-refractivity contribution is 5.83. The van der Waals surface area contributed by atoms with E-state index in [2.05, 4.69) is 117 Å². The third kappa shape index (κ3) is 8.69. The number of fused-ring (bicyclic) bond motifs is 4. The van der Waals surface area contributed by atoms with Crippen LogP contribution in [0.1, 0.15) is 81.9 Å². The maximum Gasteiger partial charge on any atom is 0.203 e. The van der Waals surface area contributed by atoms with E-state index in [0.29, 0.717) is 85.1 Å². The molecule has 0 bridgehead atoms. The van der Waals surface area contributed by atoms with Crippen LogP contribution in [0.25, 0.3) is 56.4 Å². The number of anilines is 3. The summed E-state index contributed by atoms with van der Waals surface area (Å²) < 4.78 is 14.0. The summed E-state index contributed by atoms with van der Waals surface area (Å²) in [5.74, 6) is 5.28. The Kier molecular flexibility index (Phi) is 11.8. The monoisotopic (exact) mass is 937 g/mol. The van der Waals surface area contributed by atoms with Gasteiger partial charge >= 0.3 is 0 Å². The molecule has 11 rings (SSSR count). The van der Waals surface area contributed by atoms with Crippen LogP contribution >= 0.6 is 0 Å². The summed E-state index contributed by atoms with van der Waals surface area (Å²) in [4.78, 5) is 42.4. The first-order chi connectivity index (χ1) is 34.0. The van der Waals surface area contributed by atoms with E-state index in [9.17, 15) is 0 Å². The number of morpholine rings is 1. The largest absolute Gasteiger partial charge is 0.378 e. The maximum atomic E-state index is 5.67. The van der Waals surface area contributed by atoms with Crippen LogP contribution in [0, 0.1) is 6.92 Å². The minimum atomic E-state index is 0.0867. The predicted molar refractivity (Wildman–Crippen MR) is 268 cm³/mol. The number of nitrogens with zero attached hydrogens (tertiary/aromatic N) is 17. The van der Waals surface area contributed by atoms with Crippen molar-refractivity contribution < 1.29 is 4.74 Å². The van der Waals surface area contributed by atoms with Gasteiger partial charge in [0.2, 0.25) is 11.3 Å². The number of hydrogen-bond acceptors (Lipinski definition) is 16. The molecule has 0 radical (unpaired) electrons. The van der Waals surface area contributed by atoms with Gasteiger partial charge < -0.3 is 29.4 Å². The van der Waals surface area contributed by atoms with Gasteiger partial charge in [0.25, 0.3) is 0 Å². The molecular formula is C50H55N19O. The first-order valence-electron chi connectivity index (χ1n) is 23.9. The van der Waals surface area contributed by atoms with Crippen molar-refractivity contribution in [1.82, 2.24) is 78.2 Å². The molecule has 2 N–H and O–H groups in total. The lowest BCUT2D eigenvalue weighted by Gasteiger charge is -2.27. The van der Waals surface area contributed by atoms with Crippen LogP contribution in [0.15, 0.2) is 79.5 Å². The Morgan fingerprint density at radius 2 is 1.24 bits per heavy atom. The van der Waals surface area contributed by atoms with Crippen molar-refractivity contribution in [1.29, 1.82) is 0 Å². The molecule has 1 fully saturated rings. The van der Waals surface area contributed by atoms with Crippen molar-refractivity contribution in [3.05, 3.63) is 114 Å². The number of rotatable bonds is 15. The van der Waals surface area contributed by atoms with Crippen LogP contribution in [-0.2, 0) is 30.7 Å². The molecule has 70 heavy (non-hydrogen) atoms. The minimum Gasteiger partial charge on any atom is -0.378 e. The average Bonchev–Trinajstić information content (AvgIpc) is 4.14. The molecule has 20 nitrogen and oxygen atoms in total. The molecule has 0 atom stereocenters. The topological polar surface area (TPSA) is 210 Å². The lowest BCUT2D eigenvalue weighted by atomic mass is 10.1. The number of hydrogen-bond donors (Lipinski definition) is 2. The van der Waals surface area contributed by atoms with Gasteiger partial charge in [0.1, 0.15) is 39.9 Å². The zero-order valence-electron chi connectivity index (χ0n) is 40.4. The quantitative estimate of drug-likeness (QED) is 0.106. The van der Waals surface area contributed by atoms with Gasteiger partial charge in [-0.15, -0.1) is 20.4 Å². The highest BCUT2D eigenvalue weighted by Crippen LogP contribution is 2.31. The molecule has 0 unspecified atom stereocenters. The van der Waals surface area contributed by atoms with Gasteiger partial charge in [0.15, 0.2) is 23.3 Å². The van der Waals surface area contributed by atoms with Gasteiger partial charge in [-0.3, -0.25) is 23.8 Å². The van der Waals surface area contributed by atoms with Crippen LogP contribution in [0.3, 0.4) is 0 Å². The molecule has 0 spiro atoms. The van der Waals surface area contributed by atoms with Crippen molar-refractivity contribution >= 4 is 50.8 Å². The van der Waals surface area contributed by atoms with Crippen LogP contribution in [0.2, 0.25) is 0 Å². The number of aryl methyl sites for hydroxylation is 3. The molecule has 1 aliphatic heterocycles. The summed E-state index contributed by atoms with van der Waals surface area (Å²) in [5.41, 5.74) is 9.75. The Morgan fingerprint density at radius 1 is 0.614 bits per heavy atom. The van der Waals surface area contributed by atoms with Crippen LogP contribution in [-0.4, -0.2) is 117 Å². The average molecular weight is 938 g/mol. The van der Waals surface area contributed by atoms with Crippen molar-refractivity contribution in [2.24, 2.45) is 0 Å². The van der Waals surface area contributed by atoms with E-state index in [1.54, 1.807) is 0 Å². The van der Waals surface area contributed by atoms with Crippen LogP contribution < -0.4 is 15.5 Å². The SMILES string of the molecule is Cc1nnc2c(NC(C)C)nc(-c3nc4cnc(N5CCOCC5)cc4n3Cc3cccc(CCc4nnc5c(NC(C)C)nc(-c6nc7cnc(C(C)C)cc7n6Cc6ccccn6)cn45)n3)cn12. The fourth-order valence-electron chi connectivity index (χ4n) is 8.94. The van der Waals surface area contributed by atoms with E-state index < -0.39 is 0 Å². The third-order valence-electron chi connectivity index (χ3n) is 12.4. The summed E-state index contributed by atoms with van der Waals surface area (Å²) in [6.07, 6.45) is 10.6. The van der Waals surface area contributed by atoms with Gasteiger partial charge in [-0.25, -0.2) is 24.9 Å². The number of ether oxygens (including phenoxy) is 1. The minimum absolute atomic E-state index is 0.0867. The van der Waals surface area contributed by atoms with Crippen molar-refractivity contribution in [2.75, 3.05) is 41.8 Å². The highest BCUT2D eigenvalue weighted by Gasteiger charge is 2.24. The Hall–Kier alpha value is -8.00. The molecule has 1 saturated heterocycles. The van der Waals surface area contributed by atoms with Gasteiger partial charge in [-0.1, -0.05) is 26.0 Å². The van der Waals surface area contributed by atoms with E-state index >= 15 is 0 Å². The van der Waals surface area contributed by atoms with Gasteiger partial charge in [-0.2, -0.15) is 0 Å². The number of imidazole rings is 2. The Labute approximate surface area is 403 Å². The molecule has 0 saturated carbocycles. The van der Waals surface area contributed by atoms with E-state index in [4.69, 9.17) is 44.7 Å². The second-order valence-electron chi connectivity index (χ2n) is 18.7. The number of pyridine rings is 4. The molecule has 0 aromatic carbocycles. The lowest BCUT2D eigenvalue weighted by molar-refractivity contribution is 0.122. The molecule has 20 heteroatoms. The van der Waals surface area contributed by atoms with Gasteiger partial charge in [0, 0.05) is 67.6 Å². The molecule has 0 aliphatic carbocycles. The van der Waals surface area contributed by atoms with E-state index in [1.165, 1.54) is 0 Å². The molecule has 1 aliphatic rings. The Bertz CT molecular complexity index is 3510. The second-order valence-corrected chi connectivity index (χ2v) is 18.7. The van der Waals surface area contributed by atoms with Crippen molar-refractivity contribution in [3.63, 3.8) is 0 Å². The van der Waals surface area contributed by atoms with Crippen LogP contribution in [0.4, 0.5) is 17.5 Å². The summed E-state index contributed by atoms with van der Waals surface area (Å²) >= 11 is 0. The smallest absolute Gasteiger partial charge is 0.203 e. The zero-order valence-corrected chi connectivity index (χ0v) is 40.4. The summed E-state index contributed by atoms with van der Waals surface area (Å²) in [6.45, 7) is 18.3. The summed E-state index contributed by atoms with van der Waals surface area (Å²) in [6, 6.07) is 16.6. The Balaban J connectivity index is 0.947. The van der Waals surface area contributed by atoms with E-state index in [1.807, 2.05) is 64.9 Å². The maximum absolute atomic E-state index is 5.67. The molecular weight excluding hydrogens is 883 g/mol. The highest BCUT2D eigenvalue weighted by atomic mass is 16.5. The normalized spacial score (nSPS) is 13.4. The van der Waals surface area contributed by atoms with Crippen LogP contribution in [0.5, 0.6) is 0 Å². The fourth-order valence-corrected chi connectivity index (χ4v) is 8.94. The fraction of sp³-hybridized carbons (Fsp3) is 0.360. The Morgan fingerprint density at radius 3 is 1.93 bits per heavy atom. The molecule has 11 heterocycles.